The fraction of sp³-hybridized carbons (Fsp3) is 0.333. The summed E-state index contributed by atoms with van der Waals surface area (Å²) in [5.41, 5.74) is 1.79. The second-order valence-electron chi connectivity index (χ2n) is 4.35. The Bertz CT molecular complexity index is 557. The molecule has 0 fully saturated rings. The van der Waals surface area contributed by atoms with Gasteiger partial charge >= 0.3 is 0 Å². The van der Waals surface area contributed by atoms with Gasteiger partial charge in [-0.15, -0.1) is 11.8 Å². The number of benzene rings is 1. The van der Waals surface area contributed by atoms with Gasteiger partial charge in [-0.05, 0) is 12.1 Å². The average molecular weight is 306 g/mol. The summed E-state index contributed by atoms with van der Waals surface area (Å²) < 4.78 is 10.3. The van der Waals surface area contributed by atoms with E-state index in [1.54, 1.807) is 13.4 Å². The Labute approximate surface area is 128 Å². The third kappa shape index (κ3) is 5.24. The van der Waals surface area contributed by atoms with Crippen LogP contribution in [0.5, 0.6) is 0 Å². The smallest absolute Gasteiger partial charge is 0.230 e. The van der Waals surface area contributed by atoms with E-state index in [-0.39, 0.29) is 5.91 Å². The van der Waals surface area contributed by atoms with Crippen LogP contribution >= 0.6 is 11.8 Å². The second kappa shape index (κ2) is 8.49. The molecule has 5 nitrogen and oxygen atoms in total. The normalized spacial score (nSPS) is 10.5. The van der Waals surface area contributed by atoms with Crippen molar-refractivity contribution in [2.75, 3.05) is 26.0 Å². The van der Waals surface area contributed by atoms with Gasteiger partial charge in [-0.2, -0.15) is 0 Å². The number of hydrogen-bond donors (Lipinski definition) is 1. The Morgan fingerprint density at radius 2 is 2.19 bits per heavy atom. The van der Waals surface area contributed by atoms with Gasteiger partial charge in [-0.3, -0.25) is 4.79 Å². The Kier molecular flexibility index (Phi) is 6.30. The fourth-order valence-electron chi connectivity index (χ4n) is 1.68. The largest absolute Gasteiger partial charge is 0.444 e. The number of rotatable bonds is 8. The molecule has 1 heterocycles. The van der Waals surface area contributed by atoms with Gasteiger partial charge in [0, 0.05) is 25.0 Å². The molecule has 0 aliphatic rings. The lowest BCUT2D eigenvalue weighted by Crippen LogP contribution is -2.28. The second-order valence-corrected chi connectivity index (χ2v) is 5.33. The minimum absolute atomic E-state index is 0.00354. The Hall–Kier alpha value is -1.79. The predicted molar refractivity (Wildman–Crippen MR) is 83.0 cm³/mol. The molecule has 6 heteroatoms. The first kappa shape index (κ1) is 15.6. The standard InChI is InChI=1S/C15H18N2O3S/c1-19-8-7-16-14(18)11-21-10-13-9-20-15(17-13)12-5-3-2-4-6-12/h2-6,9H,7-8,10-11H2,1H3,(H,16,18). The first-order chi connectivity index (χ1) is 10.3. The van der Waals surface area contributed by atoms with Gasteiger partial charge in [0.25, 0.3) is 0 Å². The van der Waals surface area contributed by atoms with Gasteiger partial charge in [-0.1, -0.05) is 18.2 Å². The molecule has 0 unspecified atom stereocenters. The minimum atomic E-state index is 0.00354. The fourth-order valence-corrected chi connectivity index (χ4v) is 2.41. The van der Waals surface area contributed by atoms with Crippen LogP contribution in [0.15, 0.2) is 41.0 Å². The van der Waals surface area contributed by atoms with Gasteiger partial charge in [0.1, 0.15) is 6.26 Å². The SMILES string of the molecule is COCCNC(=O)CSCc1coc(-c2ccccc2)n1. The summed E-state index contributed by atoms with van der Waals surface area (Å²) in [5.74, 6) is 1.66. The van der Waals surface area contributed by atoms with Gasteiger partial charge < -0.3 is 14.5 Å². The summed E-state index contributed by atoms with van der Waals surface area (Å²) in [6.07, 6.45) is 1.64. The molecule has 0 radical (unpaired) electrons. The van der Waals surface area contributed by atoms with Crippen molar-refractivity contribution in [2.24, 2.45) is 0 Å². The van der Waals surface area contributed by atoms with Crippen molar-refractivity contribution in [3.8, 4) is 11.5 Å². The lowest BCUT2D eigenvalue weighted by atomic mass is 10.2. The summed E-state index contributed by atoms with van der Waals surface area (Å²) >= 11 is 1.51. The Morgan fingerprint density at radius 3 is 2.95 bits per heavy atom. The van der Waals surface area contributed by atoms with Gasteiger partial charge in [0.15, 0.2) is 0 Å². The monoisotopic (exact) mass is 306 g/mol. The number of ether oxygens (including phenoxy) is 1. The van der Waals surface area contributed by atoms with Crippen molar-refractivity contribution in [1.29, 1.82) is 0 Å². The van der Waals surface area contributed by atoms with Crippen LogP contribution in [0.2, 0.25) is 0 Å². The van der Waals surface area contributed by atoms with Crippen molar-refractivity contribution in [3.63, 3.8) is 0 Å². The van der Waals surface area contributed by atoms with E-state index in [4.69, 9.17) is 9.15 Å². The van der Waals surface area contributed by atoms with Crippen LogP contribution in [-0.4, -0.2) is 36.9 Å². The molecule has 0 spiro atoms. The first-order valence-corrected chi connectivity index (χ1v) is 7.78. The van der Waals surface area contributed by atoms with Crippen LogP contribution < -0.4 is 5.32 Å². The van der Waals surface area contributed by atoms with E-state index in [1.807, 2.05) is 30.3 Å². The number of nitrogens with zero attached hydrogens (tertiary/aromatic N) is 1. The molecular weight excluding hydrogens is 288 g/mol. The summed E-state index contributed by atoms with van der Waals surface area (Å²) in [7, 11) is 1.61. The van der Waals surface area contributed by atoms with E-state index >= 15 is 0 Å². The molecule has 0 aliphatic carbocycles. The van der Waals surface area contributed by atoms with Crippen molar-refractivity contribution in [3.05, 3.63) is 42.3 Å². The van der Waals surface area contributed by atoms with E-state index in [2.05, 4.69) is 10.3 Å². The minimum Gasteiger partial charge on any atom is -0.444 e. The van der Waals surface area contributed by atoms with E-state index in [0.717, 1.165) is 11.3 Å². The summed E-state index contributed by atoms with van der Waals surface area (Å²) in [4.78, 5) is 15.9. The van der Waals surface area contributed by atoms with Crippen LogP contribution in [0.3, 0.4) is 0 Å². The Morgan fingerprint density at radius 1 is 1.38 bits per heavy atom. The number of carbonyl (C=O) groups is 1. The lowest BCUT2D eigenvalue weighted by Gasteiger charge is -2.03. The number of thioether (sulfide) groups is 1. The van der Waals surface area contributed by atoms with Crippen molar-refractivity contribution < 1.29 is 13.9 Å². The zero-order chi connectivity index (χ0) is 14.9. The third-order valence-electron chi connectivity index (χ3n) is 2.68. The van der Waals surface area contributed by atoms with Crippen LogP contribution in [0, 0.1) is 0 Å². The van der Waals surface area contributed by atoms with Crippen LogP contribution in [0.4, 0.5) is 0 Å². The molecule has 0 aliphatic heterocycles. The number of methoxy groups -OCH3 is 1. The van der Waals surface area contributed by atoms with E-state index < -0.39 is 0 Å². The van der Waals surface area contributed by atoms with Crippen LogP contribution in [-0.2, 0) is 15.3 Å². The van der Waals surface area contributed by atoms with E-state index in [9.17, 15) is 4.79 Å². The third-order valence-corrected chi connectivity index (χ3v) is 3.65. The zero-order valence-electron chi connectivity index (χ0n) is 11.9. The summed E-state index contributed by atoms with van der Waals surface area (Å²) in [5, 5.41) is 2.77. The number of amides is 1. The quantitative estimate of drug-likeness (QED) is 0.758. The molecule has 1 aromatic carbocycles. The van der Waals surface area contributed by atoms with Crippen LogP contribution in [0.25, 0.3) is 11.5 Å². The zero-order valence-corrected chi connectivity index (χ0v) is 12.7. The molecular formula is C15H18N2O3S. The summed E-state index contributed by atoms with van der Waals surface area (Å²) in [6, 6.07) is 9.74. The predicted octanol–water partition coefficient (Wildman–Crippen LogP) is 2.34. The molecule has 0 saturated heterocycles. The van der Waals surface area contributed by atoms with E-state index in [0.29, 0.717) is 30.5 Å². The van der Waals surface area contributed by atoms with E-state index in [1.165, 1.54) is 11.8 Å². The molecule has 1 N–H and O–H groups in total. The summed E-state index contributed by atoms with van der Waals surface area (Å²) in [6.45, 7) is 1.07. The molecule has 0 atom stereocenters. The van der Waals surface area contributed by atoms with Gasteiger partial charge in [-0.25, -0.2) is 4.98 Å². The van der Waals surface area contributed by atoms with Gasteiger partial charge in [0.05, 0.1) is 18.1 Å². The number of hydrogen-bond acceptors (Lipinski definition) is 5. The number of oxazole rings is 1. The maximum atomic E-state index is 11.5. The van der Waals surface area contributed by atoms with Crippen LogP contribution in [0.1, 0.15) is 5.69 Å². The highest BCUT2D eigenvalue weighted by Gasteiger charge is 2.07. The Balaban J connectivity index is 1.75. The molecule has 1 aromatic heterocycles. The highest BCUT2D eigenvalue weighted by molar-refractivity contribution is 7.99. The molecule has 0 saturated carbocycles. The first-order valence-electron chi connectivity index (χ1n) is 6.63. The number of nitrogens with one attached hydrogen (secondary N) is 1. The van der Waals surface area contributed by atoms with Crippen molar-refractivity contribution in [2.45, 2.75) is 5.75 Å². The van der Waals surface area contributed by atoms with Crippen molar-refractivity contribution >= 4 is 17.7 Å². The molecule has 0 bridgehead atoms. The maximum Gasteiger partial charge on any atom is 0.230 e. The highest BCUT2D eigenvalue weighted by Crippen LogP contribution is 2.20. The highest BCUT2D eigenvalue weighted by atomic mass is 32.2. The molecule has 2 aromatic rings. The molecule has 1 amide bonds. The van der Waals surface area contributed by atoms with Crippen molar-refractivity contribution in [1.82, 2.24) is 10.3 Å². The topological polar surface area (TPSA) is 64.4 Å². The maximum absolute atomic E-state index is 11.5. The van der Waals surface area contributed by atoms with Gasteiger partial charge in [0.2, 0.25) is 11.8 Å². The number of carbonyl (C=O) groups excluding carboxylic acids is 1. The lowest BCUT2D eigenvalue weighted by molar-refractivity contribution is -0.118. The molecule has 2 rings (SSSR count). The number of aromatic nitrogens is 1. The molecule has 112 valence electrons. The average Bonchev–Trinajstić information content (AvgIpc) is 2.97. The molecule has 21 heavy (non-hydrogen) atoms.